The highest BCUT2D eigenvalue weighted by Gasteiger charge is 1.93. The van der Waals surface area contributed by atoms with Gasteiger partial charge in [-0.25, -0.2) is 0 Å². The van der Waals surface area contributed by atoms with Crippen molar-refractivity contribution in [1.82, 2.24) is 0 Å². The number of hydrogen-bond donors (Lipinski definition) is 0. The van der Waals surface area contributed by atoms with Gasteiger partial charge in [0.2, 0.25) is 0 Å². The van der Waals surface area contributed by atoms with Gasteiger partial charge >= 0.3 is 0 Å². The average molecular weight is 433 g/mol. The monoisotopic (exact) mass is 432 g/mol. The van der Waals surface area contributed by atoms with Gasteiger partial charge < -0.3 is 0 Å². The highest BCUT2D eigenvalue weighted by atomic mass is 14.0. The molecule has 0 fully saturated rings. The van der Waals surface area contributed by atoms with Gasteiger partial charge in [0.25, 0.3) is 0 Å². The molecule has 0 bridgehead atoms. The van der Waals surface area contributed by atoms with Crippen molar-refractivity contribution in [3.8, 4) is 0 Å². The topological polar surface area (TPSA) is 0 Å². The Bertz CT molecular complexity index is 408. The molecule has 0 N–H and O–H groups in total. The summed E-state index contributed by atoms with van der Waals surface area (Å²) in [6.45, 7) is 26.5. The van der Waals surface area contributed by atoms with Crippen LogP contribution in [0.2, 0.25) is 0 Å². The minimum absolute atomic E-state index is 0. The SMILES string of the molecule is C.C.C=CC.C=CC.CC.CC.CC.CC.c1ccc(CCCc2ccccc2)cc1. The van der Waals surface area contributed by atoms with Crippen molar-refractivity contribution >= 4 is 0 Å². The lowest BCUT2D eigenvalue weighted by Crippen LogP contribution is -1.89. The van der Waals surface area contributed by atoms with Gasteiger partial charge in [-0.05, 0) is 44.2 Å². The third-order valence-corrected chi connectivity index (χ3v) is 2.62. The van der Waals surface area contributed by atoms with Crippen molar-refractivity contribution < 1.29 is 0 Å². The summed E-state index contributed by atoms with van der Waals surface area (Å²) >= 11 is 0. The Morgan fingerprint density at radius 2 is 0.710 bits per heavy atom. The van der Waals surface area contributed by atoms with Gasteiger partial charge in [0, 0.05) is 0 Å². The molecular formula is C31H60. The molecule has 0 amide bonds. The third kappa shape index (κ3) is 47.3. The maximum atomic E-state index is 3.36. The first kappa shape index (κ1) is 46.9. The van der Waals surface area contributed by atoms with Crippen LogP contribution in [-0.2, 0) is 12.8 Å². The van der Waals surface area contributed by atoms with Crippen LogP contribution in [0.15, 0.2) is 86.0 Å². The van der Waals surface area contributed by atoms with Crippen molar-refractivity contribution in [3.63, 3.8) is 0 Å². The third-order valence-electron chi connectivity index (χ3n) is 2.62. The smallest absolute Gasteiger partial charge is 0.0276 e. The molecule has 31 heavy (non-hydrogen) atoms. The van der Waals surface area contributed by atoms with E-state index in [1.54, 1.807) is 12.2 Å². The molecule has 0 spiro atoms. The van der Waals surface area contributed by atoms with E-state index in [0.29, 0.717) is 0 Å². The lowest BCUT2D eigenvalue weighted by Gasteiger charge is -2.01. The van der Waals surface area contributed by atoms with Crippen LogP contribution >= 0.6 is 0 Å². The van der Waals surface area contributed by atoms with E-state index in [9.17, 15) is 0 Å². The Hall–Kier alpha value is -2.08. The maximum Gasteiger partial charge on any atom is -0.0276 e. The summed E-state index contributed by atoms with van der Waals surface area (Å²) in [6, 6.07) is 21.4. The van der Waals surface area contributed by atoms with Crippen molar-refractivity contribution in [2.45, 2.75) is 103 Å². The van der Waals surface area contributed by atoms with Crippen molar-refractivity contribution in [3.05, 3.63) is 97.1 Å². The average Bonchev–Trinajstić information content (AvgIpc) is 2.82. The molecule has 184 valence electrons. The molecule has 0 unspecified atom stereocenters. The van der Waals surface area contributed by atoms with Gasteiger partial charge in [0.05, 0.1) is 0 Å². The lowest BCUT2D eigenvalue weighted by molar-refractivity contribution is 0.821. The number of benzene rings is 2. The van der Waals surface area contributed by atoms with E-state index in [4.69, 9.17) is 0 Å². The highest BCUT2D eigenvalue weighted by molar-refractivity contribution is 5.17. The van der Waals surface area contributed by atoms with Crippen LogP contribution in [-0.4, -0.2) is 0 Å². The van der Waals surface area contributed by atoms with Crippen LogP contribution in [0, 0.1) is 0 Å². The Labute approximate surface area is 200 Å². The predicted molar refractivity (Wildman–Crippen MR) is 156 cm³/mol. The molecule has 0 radical (unpaired) electrons. The standard InChI is InChI=1S/C15H16.2C3H6.4C2H6.2CH4/c1-3-8-14(9-4-1)12-7-13-15-10-5-2-6-11-15;2*1-3-2;4*1-2;;/h1-6,8-11H,7,12-13H2;2*3H,1H2,2H3;4*1-2H3;2*1H4. The zero-order valence-electron chi connectivity index (χ0n) is 21.5. The minimum Gasteiger partial charge on any atom is -0.103 e. The Morgan fingerprint density at radius 1 is 0.516 bits per heavy atom. The summed E-state index contributed by atoms with van der Waals surface area (Å²) in [7, 11) is 0. The van der Waals surface area contributed by atoms with Gasteiger partial charge in [0.1, 0.15) is 0 Å². The number of allylic oxidation sites excluding steroid dienone is 2. The predicted octanol–water partition coefficient (Wildman–Crippen LogP) is 11.6. The van der Waals surface area contributed by atoms with E-state index in [1.165, 1.54) is 30.4 Å². The molecule has 0 saturated heterocycles. The molecule has 2 aromatic carbocycles. The maximum absolute atomic E-state index is 3.36. The first-order valence-corrected chi connectivity index (χ1v) is 11.5. The quantitative estimate of drug-likeness (QED) is 0.421. The molecule has 0 nitrogen and oxygen atoms in total. The fourth-order valence-electron chi connectivity index (χ4n) is 1.79. The molecule has 0 aliphatic rings. The molecule has 0 aliphatic heterocycles. The molecule has 2 rings (SSSR count). The fraction of sp³-hybridized carbons (Fsp3) is 0.484. The summed E-state index contributed by atoms with van der Waals surface area (Å²) in [6.07, 6.45) is 7.08. The largest absolute Gasteiger partial charge is 0.103 e. The molecular weight excluding hydrogens is 372 g/mol. The van der Waals surface area contributed by atoms with Crippen molar-refractivity contribution in [1.29, 1.82) is 0 Å². The number of hydrogen-bond acceptors (Lipinski definition) is 0. The summed E-state index contributed by atoms with van der Waals surface area (Å²) in [5.74, 6) is 0. The van der Waals surface area contributed by atoms with Gasteiger partial charge in [-0.1, -0.05) is 143 Å². The van der Waals surface area contributed by atoms with Gasteiger partial charge in [0.15, 0.2) is 0 Å². The van der Waals surface area contributed by atoms with E-state index in [0.717, 1.165) is 0 Å². The second-order valence-corrected chi connectivity index (χ2v) is 4.64. The Morgan fingerprint density at radius 3 is 0.903 bits per heavy atom. The van der Waals surface area contributed by atoms with Crippen molar-refractivity contribution in [2.75, 3.05) is 0 Å². The van der Waals surface area contributed by atoms with Crippen LogP contribution in [0.25, 0.3) is 0 Å². The van der Waals surface area contributed by atoms with E-state index >= 15 is 0 Å². The van der Waals surface area contributed by atoms with Gasteiger partial charge in [-0.15, -0.1) is 13.2 Å². The summed E-state index contributed by atoms with van der Waals surface area (Å²) < 4.78 is 0. The van der Waals surface area contributed by atoms with E-state index in [2.05, 4.69) is 73.8 Å². The summed E-state index contributed by atoms with van der Waals surface area (Å²) in [5, 5.41) is 0. The van der Waals surface area contributed by atoms with E-state index < -0.39 is 0 Å². The number of rotatable bonds is 4. The van der Waals surface area contributed by atoms with Gasteiger partial charge in [-0.3, -0.25) is 0 Å². The Balaban J connectivity index is -0.0000000615. The minimum atomic E-state index is 0. The zero-order valence-corrected chi connectivity index (χ0v) is 21.5. The number of aryl methyl sites for hydroxylation is 2. The zero-order chi connectivity index (χ0) is 23.8. The lowest BCUT2D eigenvalue weighted by atomic mass is 10.0. The molecule has 0 aliphatic carbocycles. The normalized spacial score (nSPS) is 6.52. The summed E-state index contributed by atoms with van der Waals surface area (Å²) in [4.78, 5) is 0. The molecule has 2 aromatic rings. The van der Waals surface area contributed by atoms with E-state index in [1.807, 2.05) is 69.2 Å². The fourth-order valence-corrected chi connectivity index (χ4v) is 1.79. The molecule has 0 heteroatoms. The molecule has 0 saturated carbocycles. The second-order valence-electron chi connectivity index (χ2n) is 4.64. The first-order chi connectivity index (χ1) is 14.3. The second kappa shape index (κ2) is 56.5. The summed E-state index contributed by atoms with van der Waals surface area (Å²) in [5.41, 5.74) is 2.88. The molecule has 0 heterocycles. The Kier molecular flexibility index (Phi) is 85.5. The molecule has 0 atom stereocenters. The van der Waals surface area contributed by atoms with Crippen LogP contribution in [0.3, 0.4) is 0 Å². The van der Waals surface area contributed by atoms with Crippen molar-refractivity contribution in [2.24, 2.45) is 0 Å². The van der Waals surface area contributed by atoms with Gasteiger partial charge in [-0.2, -0.15) is 0 Å². The van der Waals surface area contributed by atoms with E-state index in [-0.39, 0.29) is 14.9 Å². The van der Waals surface area contributed by atoms with Crippen LogP contribution in [0.5, 0.6) is 0 Å². The van der Waals surface area contributed by atoms with Crippen LogP contribution in [0.1, 0.15) is 102 Å². The highest BCUT2D eigenvalue weighted by Crippen LogP contribution is 2.07. The van der Waals surface area contributed by atoms with Crippen LogP contribution < -0.4 is 0 Å². The van der Waals surface area contributed by atoms with Crippen LogP contribution in [0.4, 0.5) is 0 Å². The first-order valence-electron chi connectivity index (χ1n) is 11.5. The molecule has 0 aromatic heterocycles.